The highest BCUT2D eigenvalue weighted by Gasteiger charge is 2.56. The summed E-state index contributed by atoms with van der Waals surface area (Å²) in [5.41, 5.74) is 6.97. The summed E-state index contributed by atoms with van der Waals surface area (Å²) in [6.07, 6.45) is 3.09. The number of nitrogen functional groups attached to an aromatic ring is 1. The standard InChI is InChI=1S/C15H19N5O4/c1-4-21-5-8-10-11(24-15(2,3)23-10)14(22-8)20-7-19-9-12(16)17-6-18-13(9)20/h4,6-8,10-11,14H,1,5H2,2-3H3,(H2,16,17,18)/t8-,10-,11-,14?/m1/s1. The third-order valence-electron chi connectivity index (χ3n) is 4.16. The minimum absolute atomic E-state index is 0.262. The molecule has 4 atom stereocenters. The van der Waals surface area contributed by atoms with Crippen molar-refractivity contribution in [2.75, 3.05) is 12.3 Å². The number of nitrogens with zero attached hydrogens (tertiary/aromatic N) is 4. The van der Waals surface area contributed by atoms with Crippen molar-refractivity contribution in [3.05, 3.63) is 25.5 Å². The summed E-state index contributed by atoms with van der Waals surface area (Å²) in [6.45, 7) is 7.63. The number of rotatable bonds is 4. The van der Waals surface area contributed by atoms with Crippen LogP contribution >= 0.6 is 0 Å². The van der Waals surface area contributed by atoms with E-state index in [1.807, 2.05) is 13.8 Å². The van der Waals surface area contributed by atoms with Crippen LogP contribution < -0.4 is 5.73 Å². The second kappa shape index (κ2) is 5.40. The largest absolute Gasteiger partial charge is 0.499 e. The maximum absolute atomic E-state index is 6.12. The molecule has 9 nitrogen and oxygen atoms in total. The smallest absolute Gasteiger partial charge is 0.167 e. The van der Waals surface area contributed by atoms with Crippen molar-refractivity contribution >= 4 is 17.0 Å². The van der Waals surface area contributed by atoms with E-state index in [2.05, 4.69) is 21.5 Å². The molecule has 2 aromatic heterocycles. The van der Waals surface area contributed by atoms with E-state index in [1.165, 1.54) is 12.6 Å². The van der Waals surface area contributed by atoms with Crippen molar-refractivity contribution in [1.29, 1.82) is 0 Å². The summed E-state index contributed by atoms with van der Waals surface area (Å²) in [6, 6.07) is 0. The van der Waals surface area contributed by atoms with Crippen LogP contribution in [0, 0.1) is 0 Å². The van der Waals surface area contributed by atoms with Crippen LogP contribution in [0.3, 0.4) is 0 Å². The van der Waals surface area contributed by atoms with Gasteiger partial charge in [0.1, 0.15) is 36.8 Å². The minimum atomic E-state index is -0.700. The van der Waals surface area contributed by atoms with Crippen LogP contribution in [0.1, 0.15) is 20.1 Å². The molecule has 2 aliphatic rings. The topological polar surface area (TPSA) is 107 Å². The summed E-state index contributed by atoms with van der Waals surface area (Å²) in [5, 5.41) is 0. The van der Waals surface area contributed by atoms with E-state index in [-0.39, 0.29) is 18.3 Å². The van der Waals surface area contributed by atoms with Gasteiger partial charge in [-0.1, -0.05) is 6.58 Å². The van der Waals surface area contributed by atoms with Crippen molar-refractivity contribution in [1.82, 2.24) is 19.5 Å². The highest BCUT2D eigenvalue weighted by molar-refractivity contribution is 5.81. The first kappa shape index (κ1) is 15.3. The molecular formula is C15H19N5O4. The molecule has 2 saturated heterocycles. The molecule has 0 saturated carbocycles. The van der Waals surface area contributed by atoms with Gasteiger partial charge < -0.3 is 24.7 Å². The molecule has 24 heavy (non-hydrogen) atoms. The molecule has 128 valence electrons. The zero-order valence-corrected chi connectivity index (χ0v) is 13.5. The molecule has 0 radical (unpaired) electrons. The molecule has 9 heteroatoms. The van der Waals surface area contributed by atoms with Gasteiger partial charge in [0.15, 0.2) is 23.5 Å². The van der Waals surface area contributed by atoms with Gasteiger partial charge in [0, 0.05) is 0 Å². The third kappa shape index (κ3) is 2.32. The number of ether oxygens (including phenoxy) is 4. The second-order valence-electron chi connectivity index (χ2n) is 6.21. The van der Waals surface area contributed by atoms with E-state index in [9.17, 15) is 0 Å². The van der Waals surface area contributed by atoms with Crippen LogP contribution in [-0.2, 0) is 18.9 Å². The van der Waals surface area contributed by atoms with Crippen LogP contribution in [0.5, 0.6) is 0 Å². The van der Waals surface area contributed by atoms with E-state index in [0.717, 1.165) is 0 Å². The van der Waals surface area contributed by atoms with Gasteiger partial charge in [-0.3, -0.25) is 4.57 Å². The Kier molecular flexibility index (Phi) is 3.44. The van der Waals surface area contributed by atoms with Gasteiger partial charge in [-0.15, -0.1) is 0 Å². The zero-order chi connectivity index (χ0) is 16.9. The van der Waals surface area contributed by atoms with Gasteiger partial charge in [-0.25, -0.2) is 15.0 Å². The number of hydrogen-bond acceptors (Lipinski definition) is 8. The van der Waals surface area contributed by atoms with Gasteiger partial charge in [-0.05, 0) is 13.8 Å². The lowest BCUT2D eigenvalue weighted by Crippen LogP contribution is -2.32. The van der Waals surface area contributed by atoms with Gasteiger partial charge >= 0.3 is 0 Å². The second-order valence-corrected chi connectivity index (χ2v) is 6.21. The van der Waals surface area contributed by atoms with E-state index in [4.69, 9.17) is 24.7 Å². The Bertz CT molecular complexity index is 776. The predicted octanol–water partition coefficient (Wildman–Crippen LogP) is 0.986. The molecular weight excluding hydrogens is 314 g/mol. The molecule has 2 fully saturated rings. The molecule has 2 aromatic rings. The van der Waals surface area contributed by atoms with Crippen LogP contribution in [0.25, 0.3) is 11.2 Å². The fourth-order valence-electron chi connectivity index (χ4n) is 3.24. The number of nitrogens with two attached hydrogens (primary N) is 1. The Morgan fingerprint density at radius 1 is 1.33 bits per heavy atom. The molecule has 0 bridgehead atoms. The third-order valence-corrected chi connectivity index (χ3v) is 4.16. The molecule has 2 N–H and O–H groups in total. The van der Waals surface area contributed by atoms with Crippen LogP contribution in [0.15, 0.2) is 25.5 Å². The van der Waals surface area contributed by atoms with Gasteiger partial charge in [-0.2, -0.15) is 0 Å². The lowest BCUT2D eigenvalue weighted by molar-refractivity contribution is -0.199. The van der Waals surface area contributed by atoms with E-state index < -0.39 is 12.0 Å². The van der Waals surface area contributed by atoms with E-state index in [1.54, 1.807) is 10.9 Å². The molecule has 4 rings (SSSR count). The number of hydrogen-bond donors (Lipinski definition) is 1. The lowest BCUT2D eigenvalue weighted by Gasteiger charge is -2.24. The monoisotopic (exact) mass is 333 g/mol. The summed E-state index contributed by atoms with van der Waals surface area (Å²) >= 11 is 0. The van der Waals surface area contributed by atoms with Crippen molar-refractivity contribution in [2.24, 2.45) is 0 Å². The summed E-state index contributed by atoms with van der Waals surface area (Å²) in [4.78, 5) is 12.5. The summed E-state index contributed by atoms with van der Waals surface area (Å²) in [7, 11) is 0. The molecule has 2 aliphatic heterocycles. The Balaban J connectivity index is 1.71. The molecule has 0 aromatic carbocycles. The van der Waals surface area contributed by atoms with Crippen LogP contribution in [0.4, 0.5) is 5.82 Å². The van der Waals surface area contributed by atoms with E-state index in [0.29, 0.717) is 23.6 Å². The lowest BCUT2D eigenvalue weighted by atomic mass is 10.1. The van der Waals surface area contributed by atoms with Crippen molar-refractivity contribution < 1.29 is 18.9 Å². The van der Waals surface area contributed by atoms with Crippen LogP contribution in [-0.4, -0.2) is 50.2 Å². The maximum Gasteiger partial charge on any atom is 0.167 e. The first-order valence-electron chi connectivity index (χ1n) is 7.67. The van der Waals surface area contributed by atoms with Gasteiger partial charge in [0.05, 0.1) is 12.6 Å². The molecule has 0 spiro atoms. The zero-order valence-electron chi connectivity index (χ0n) is 13.5. The fourth-order valence-corrected chi connectivity index (χ4v) is 3.24. The van der Waals surface area contributed by atoms with Crippen molar-refractivity contribution in [3.63, 3.8) is 0 Å². The highest BCUT2D eigenvalue weighted by Crippen LogP contribution is 2.43. The predicted molar refractivity (Wildman–Crippen MR) is 83.6 cm³/mol. The summed E-state index contributed by atoms with van der Waals surface area (Å²) < 4.78 is 25.2. The quantitative estimate of drug-likeness (QED) is 0.826. The fraction of sp³-hybridized carbons (Fsp3) is 0.533. The average molecular weight is 333 g/mol. The van der Waals surface area contributed by atoms with Crippen molar-refractivity contribution in [2.45, 2.75) is 44.2 Å². The first-order chi connectivity index (χ1) is 11.5. The first-order valence-corrected chi connectivity index (χ1v) is 7.67. The van der Waals surface area contributed by atoms with Gasteiger partial charge in [0.2, 0.25) is 0 Å². The number of imidazole rings is 1. The Labute approximate surface area is 138 Å². The Morgan fingerprint density at radius 3 is 2.92 bits per heavy atom. The SMILES string of the molecule is C=COC[C@H]1OC(n2cnc3c(N)ncnc32)[C@@H]2OC(C)(C)O[C@H]12. The molecule has 1 unspecified atom stereocenters. The number of fused-ring (bicyclic) bond motifs is 2. The average Bonchev–Trinajstić information content (AvgIpc) is 3.17. The molecule has 0 amide bonds. The minimum Gasteiger partial charge on any atom is -0.499 e. The van der Waals surface area contributed by atoms with Crippen molar-refractivity contribution in [3.8, 4) is 0 Å². The molecule has 0 aliphatic carbocycles. The van der Waals surface area contributed by atoms with E-state index >= 15 is 0 Å². The molecule has 4 heterocycles. The van der Waals surface area contributed by atoms with Gasteiger partial charge in [0.25, 0.3) is 0 Å². The number of anilines is 1. The number of aromatic nitrogens is 4. The summed E-state index contributed by atoms with van der Waals surface area (Å²) in [5.74, 6) is -0.377. The maximum atomic E-state index is 6.12. The highest BCUT2D eigenvalue weighted by atomic mass is 16.8. The Hall–Kier alpha value is -2.23. The normalized spacial score (nSPS) is 31.2. The Morgan fingerprint density at radius 2 is 2.12 bits per heavy atom. The van der Waals surface area contributed by atoms with Crippen LogP contribution in [0.2, 0.25) is 0 Å².